The summed E-state index contributed by atoms with van der Waals surface area (Å²) in [5.41, 5.74) is 4.32. The number of nitrogens with one attached hydrogen (secondary N) is 1. The van der Waals surface area contributed by atoms with Gasteiger partial charge >= 0.3 is 0 Å². The van der Waals surface area contributed by atoms with Crippen molar-refractivity contribution < 1.29 is 9.53 Å². The maximum Gasteiger partial charge on any atom is 0.251 e. The van der Waals surface area contributed by atoms with E-state index in [1.807, 2.05) is 26.0 Å². The largest absolute Gasteiger partial charge is 0.497 e. The number of methoxy groups -OCH3 is 1. The molecule has 0 aromatic heterocycles. The van der Waals surface area contributed by atoms with Gasteiger partial charge in [-0.3, -0.25) is 4.79 Å². The molecule has 1 aromatic carbocycles. The van der Waals surface area contributed by atoms with Crippen LogP contribution in [0.4, 0.5) is 0 Å². The lowest BCUT2D eigenvalue weighted by Crippen LogP contribution is -2.32. The highest BCUT2D eigenvalue weighted by molar-refractivity contribution is 6.11. The van der Waals surface area contributed by atoms with E-state index in [2.05, 4.69) is 22.7 Å². The van der Waals surface area contributed by atoms with Gasteiger partial charge in [-0.15, -0.1) is 0 Å². The lowest BCUT2D eigenvalue weighted by atomic mass is 9.85. The maximum atomic E-state index is 11.6. The lowest BCUT2D eigenvalue weighted by molar-refractivity contribution is -0.125. The highest BCUT2D eigenvalue weighted by atomic mass is 16.5. The van der Waals surface area contributed by atoms with Gasteiger partial charge in [-0.05, 0) is 50.8 Å². The Balaban J connectivity index is 1.85. The SMILES string of the molecule is COc1ccc(CCCC2=NNC(=O)C2(C)C)cc1. The average Bonchev–Trinajstić information content (AvgIpc) is 2.66. The number of rotatable bonds is 5. The van der Waals surface area contributed by atoms with Crippen LogP contribution in [0.2, 0.25) is 0 Å². The molecule has 1 amide bonds. The molecule has 1 N–H and O–H groups in total. The quantitative estimate of drug-likeness (QED) is 0.884. The molecule has 0 aliphatic carbocycles. The number of hydrogen-bond donors (Lipinski definition) is 1. The van der Waals surface area contributed by atoms with Gasteiger partial charge in [0.05, 0.1) is 18.2 Å². The van der Waals surface area contributed by atoms with Gasteiger partial charge < -0.3 is 4.74 Å². The van der Waals surface area contributed by atoms with Crippen molar-refractivity contribution in [1.29, 1.82) is 0 Å². The first kappa shape index (κ1) is 13.6. The predicted octanol–water partition coefficient (Wildman–Crippen LogP) is 2.53. The Morgan fingerprint density at radius 1 is 1.21 bits per heavy atom. The fourth-order valence-electron chi connectivity index (χ4n) is 2.15. The second kappa shape index (κ2) is 5.43. The first-order chi connectivity index (χ1) is 9.04. The summed E-state index contributed by atoms with van der Waals surface area (Å²) in [6.45, 7) is 3.84. The van der Waals surface area contributed by atoms with Crippen molar-refractivity contribution in [3.05, 3.63) is 29.8 Å². The second-order valence-electron chi connectivity index (χ2n) is 5.33. The molecule has 1 aliphatic rings. The van der Waals surface area contributed by atoms with E-state index in [-0.39, 0.29) is 5.91 Å². The minimum Gasteiger partial charge on any atom is -0.497 e. The Morgan fingerprint density at radius 2 is 1.89 bits per heavy atom. The van der Waals surface area contributed by atoms with Crippen molar-refractivity contribution in [3.63, 3.8) is 0 Å². The van der Waals surface area contributed by atoms with Gasteiger partial charge in [0.25, 0.3) is 5.91 Å². The van der Waals surface area contributed by atoms with Crippen LogP contribution in [0.1, 0.15) is 32.3 Å². The molecular weight excluding hydrogens is 240 g/mol. The summed E-state index contributed by atoms with van der Waals surface area (Å²) < 4.78 is 5.13. The molecule has 0 radical (unpaired) electrons. The van der Waals surface area contributed by atoms with E-state index in [0.717, 1.165) is 30.7 Å². The number of benzene rings is 1. The van der Waals surface area contributed by atoms with Crippen LogP contribution < -0.4 is 10.2 Å². The number of carbonyl (C=O) groups excluding carboxylic acids is 1. The fraction of sp³-hybridized carbons (Fsp3) is 0.467. The monoisotopic (exact) mass is 260 g/mol. The van der Waals surface area contributed by atoms with Crippen LogP contribution in [0.25, 0.3) is 0 Å². The molecule has 1 aliphatic heterocycles. The van der Waals surface area contributed by atoms with Gasteiger partial charge in [-0.2, -0.15) is 5.10 Å². The van der Waals surface area contributed by atoms with Gasteiger partial charge in [0, 0.05) is 0 Å². The molecule has 1 heterocycles. The lowest BCUT2D eigenvalue weighted by Gasteiger charge is -2.16. The zero-order chi connectivity index (χ0) is 13.9. The van der Waals surface area contributed by atoms with Gasteiger partial charge in [0.2, 0.25) is 0 Å². The normalized spacial score (nSPS) is 17.0. The van der Waals surface area contributed by atoms with Crippen LogP contribution in [0.5, 0.6) is 5.75 Å². The molecule has 4 heteroatoms. The summed E-state index contributed by atoms with van der Waals surface area (Å²) in [4.78, 5) is 11.6. The van der Waals surface area contributed by atoms with Crippen LogP contribution in [-0.2, 0) is 11.2 Å². The average molecular weight is 260 g/mol. The minimum absolute atomic E-state index is 0.00746. The van der Waals surface area contributed by atoms with E-state index in [0.29, 0.717) is 0 Å². The Morgan fingerprint density at radius 3 is 2.42 bits per heavy atom. The van der Waals surface area contributed by atoms with Crippen LogP contribution in [0.15, 0.2) is 29.4 Å². The zero-order valence-electron chi connectivity index (χ0n) is 11.7. The predicted molar refractivity (Wildman–Crippen MR) is 75.3 cm³/mol. The van der Waals surface area contributed by atoms with Crippen molar-refractivity contribution in [2.75, 3.05) is 7.11 Å². The van der Waals surface area contributed by atoms with Crippen LogP contribution in [0.3, 0.4) is 0 Å². The molecule has 4 nitrogen and oxygen atoms in total. The van der Waals surface area contributed by atoms with Crippen LogP contribution in [0, 0.1) is 5.41 Å². The molecule has 19 heavy (non-hydrogen) atoms. The number of carbonyl (C=O) groups is 1. The highest BCUT2D eigenvalue weighted by Crippen LogP contribution is 2.25. The molecule has 2 rings (SSSR count). The summed E-state index contributed by atoms with van der Waals surface area (Å²) in [6.07, 6.45) is 2.81. The summed E-state index contributed by atoms with van der Waals surface area (Å²) in [6, 6.07) is 8.09. The minimum atomic E-state index is -0.458. The zero-order valence-corrected chi connectivity index (χ0v) is 11.7. The molecule has 102 valence electrons. The van der Waals surface area contributed by atoms with Gasteiger partial charge in [-0.1, -0.05) is 12.1 Å². The van der Waals surface area contributed by atoms with Crippen molar-refractivity contribution in [2.45, 2.75) is 33.1 Å². The number of nitrogens with zero attached hydrogens (tertiary/aromatic N) is 1. The fourth-order valence-corrected chi connectivity index (χ4v) is 2.15. The van der Waals surface area contributed by atoms with Crippen LogP contribution in [-0.4, -0.2) is 18.7 Å². The number of hydrogen-bond acceptors (Lipinski definition) is 3. The Kier molecular flexibility index (Phi) is 3.88. The molecule has 0 fully saturated rings. The number of aryl methyl sites for hydroxylation is 1. The first-order valence-corrected chi connectivity index (χ1v) is 6.54. The topological polar surface area (TPSA) is 50.7 Å². The summed E-state index contributed by atoms with van der Waals surface area (Å²) in [7, 11) is 1.67. The molecule has 0 saturated carbocycles. The third-order valence-corrected chi connectivity index (χ3v) is 3.62. The highest BCUT2D eigenvalue weighted by Gasteiger charge is 2.37. The van der Waals surface area contributed by atoms with Crippen molar-refractivity contribution in [1.82, 2.24) is 5.43 Å². The van der Waals surface area contributed by atoms with Gasteiger partial charge in [0.1, 0.15) is 5.75 Å². The number of ether oxygens (including phenoxy) is 1. The number of amides is 1. The Labute approximate surface area is 113 Å². The summed E-state index contributed by atoms with van der Waals surface area (Å²) in [5, 5.41) is 4.13. The van der Waals surface area contributed by atoms with Crippen molar-refractivity contribution in [3.8, 4) is 5.75 Å². The smallest absolute Gasteiger partial charge is 0.251 e. The second-order valence-corrected chi connectivity index (χ2v) is 5.33. The van der Waals surface area contributed by atoms with Crippen molar-refractivity contribution >= 4 is 11.6 Å². The van der Waals surface area contributed by atoms with E-state index in [1.54, 1.807) is 7.11 Å². The third kappa shape index (κ3) is 2.95. The summed E-state index contributed by atoms with van der Waals surface area (Å²) >= 11 is 0. The molecule has 0 bridgehead atoms. The van der Waals surface area contributed by atoms with Gasteiger partial charge in [0.15, 0.2) is 0 Å². The Hall–Kier alpha value is -1.84. The number of hydrazone groups is 1. The van der Waals surface area contributed by atoms with Crippen molar-refractivity contribution in [2.24, 2.45) is 10.5 Å². The molecule has 0 spiro atoms. The molecular formula is C15H20N2O2. The van der Waals surface area contributed by atoms with E-state index in [4.69, 9.17) is 4.74 Å². The molecule has 0 saturated heterocycles. The third-order valence-electron chi connectivity index (χ3n) is 3.62. The van der Waals surface area contributed by atoms with Crippen LogP contribution >= 0.6 is 0 Å². The summed E-state index contributed by atoms with van der Waals surface area (Å²) in [5.74, 6) is 0.867. The molecule has 0 unspecified atom stereocenters. The first-order valence-electron chi connectivity index (χ1n) is 6.54. The molecule has 0 atom stereocenters. The van der Waals surface area contributed by atoms with Gasteiger partial charge in [-0.25, -0.2) is 5.43 Å². The molecule has 1 aromatic rings. The standard InChI is InChI=1S/C15H20N2O2/c1-15(2)13(16-17-14(15)18)6-4-5-11-7-9-12(19-3)10-8-11/h7-10H,4-6H2,1-3H3,(H,17,18). The van der Waals surface area contributed by atoms with E-state index in [1.165, 1.54) is 5.56 Å². The van der Waals surface area contributed by atoms with E-state index >= 15 is 0 Å². The van der Waals surface area contributed by atoms with E-state index in [9.17, 15) is 4.79 Å². The maximum absolute atomic E-state index is 11.6. The Bertz CT molecular complexity index is 489. The van der Waals surface area contributed by atoms with E-state index < -0.39 is 5.41 Å².